The molecule has 2 aromatic carbocycles. The van der Waals surface area contributed by atoms with Crippen LogP contribution >= 0.6 is 0 Å². The van der Waals surface area contributed by atoms with Crippen molar-refractivity contribution < 1.29 is 18.6 Å². The van der Waals surface area contributed by atoms with Crippen LogP contribution in [0.4, 0.5) is 8.78 Å². The summed E-state index contributed by atoms with van der Waals surface area (Å²) in [4.78, 5) is 11.5. The monoisotopic (exact) mass is 489 g/mol. The first-order valence-electron chi connectivity index (χ1n) is 11.8. The van der Waals surface area contributed by atoms with Gasteiger partial charge in [-0.2, -0.15) is 10.2 Å². The lowest BCUT2D eigenvalue weighted by Gasteiger charge is -2.29. The molecule has 4 aromatic rings. The lowest BCUT2D eigenvalue weighted by Crippen LogP contribution is -2.35. The van der Waals surface area contributed by atoms with Crippen molar-refractivity contribution in [2.75, 3.05) is 26.7 Å². The van der Waals surface area contributed by atoms with Gasteiger partial charge < -0.3 is 14.7 Å². The smallest absolute Gasteiger partial charge is 0.302 e. The van der Waals surface area contributed by atoms with Crippen molar-refractivity contribution in [2.45, 2.75) is 19.4 Å². The fraction of sp³-hybridized carbons (Fsp3) is 0.296. The van der Waals surface area contributed by atoms with Gasteiger partial charge in [-0.05, 0) is 56.3 Å². The van der Waals surface area contributed by atoms with Gasteiger partial charge in [0.15, 0.2) is 5.65 Å². The number of benzene rings is 2. The molecular formula is C27H25F2N5O2. The fourth-order valence-corrected chi connectivity index (χ4v) is 4.73. The van der Waals surface area contributed by atoms with E-state index in [0.717, 1.165) is 25.9 Å². The highest BCUT2D eigenvalue weighted by Crippen LogP contribution is 2.37. The predicted molar refractivity (Wildman–Crippen MR) is 130 cm³/mol. The normalized spacial score (nSPS) is 16.2. The maximum Gasteiger partial charge on any atom is 0.302 e. The molecule has 1 saturated heterocycles. The van der Waals surface area contributed by atoms with Crippen molar-refractivity contribution in [1.29, 1.82) is 5.26 Å². The third kappa shape index (κ3) is 4.53. The Labute approximate surface area is 207 Å². The number of halogens is 2. The lowest BCUT2D eigenvalue weighted by molar-refractivity contribution is 0.143. The molecule has 5 rings (SSSR count). The molecule has 1 atom stereocenters. The summed E-state index contributed by atoms with van der Waals surface area (Å²) in [5.74, 6) is -1.36. The van der Waals surface area contributed by atoms with Gasteiger partial charge in [0, 0.05) is 36.0 Å². The van der Waals surface area contributed by atoms with Crippen LogP contribution in [0.15, 0.2) is 48.8 Å². The number of rotatable bonds is 6. The van der Waals surface area contributed by atoms with Crippen molar-refractivity contribution in [1.82, 2.24) is 19.3 Å². The van der Waals surface area contributed by atoms with Gasteiger partial charge in [0.1, 0.15) is 11.6 Å². The molecule has 0 unspecified atom stereocenters. The van der Waals surface area contributed by atoms with Crippen LogP contribution in [0.2, 0.25) is 0 Å². The molecule has 7 nitrogen and oxygen atoms in total. The lowest BCUT2D eigenvalue weighted by atomic mass is 9.98. The zero-order valence-corrected chi connectivity index (χ0v) is 19.8. The summed E-state index contributed by atoms with van der Waals surface area (Å²) in [6.45, 7) is 1.73. The van der Waals surface area contributed by atoms with Crippen LogP contribution in [0, 0.1) is 28.9 Å². The molecule has 1 aliphatic heterocycles. The molecule has 0 spiro atoms. The van der Waals surface area contributed by atoms with Crippen LogP contribution in [0.3, 0.4) is 0 Å². The number of hydrogen-bond donors (Lipinski definition) is 1. The molecule has 1 fully saturated rings. The van der Waals surface area contributed by atoms with E-state index in [0.29, 0.717) is 46.6 Å². The summed E-state index contributed by atoms with van der Waals surface area (Å²) in [5.41, 5.74) is 2.21. The Hall–Kier alpha value is -3.87. The zero-order valence-electron chi connectivity index (χ0n) is 19.8. The van der Waals surface area contributed by atoms with Crippen LogP contribution in [-0.4, -0.2) is 51.1 Å². The van der Waals surface area contributed by atoms with Gasteiger partial charge >= 0.3 is 6.01 Å². The summed E-state index contributed by atoms with van der Waals surface area (Å²) < 4.78 is 37.2. The zero-order chi connectivity index (χ0) is 25.2. The fourth-order valence-electron chi connectivity index (χ4n) is 4.73. The number of aromatic nitrogens is 3. The Morgan fingerprint density at radius 3 is 2.58 bits per heavy atom. The molecule has 0 saturated carbocycles. The third-order valence-corrected chi connectivity index (χ3v) is 6.56. The van der Waals surface area contributed by atoms with Crippen molar-refractivity contribution in [3.05, 3.63) is 71.6 Å². The number of imidazole rings is 1. The highest BCUT2D eigenvalue weighted by atomic mass is 19.1. The maximum atomic E-state index is 14.7. The predicted octanol–water partition coefficient (Wildman–Crippen LogP) is 4.43. The number of likely N-dealkylation sites (tertiary alicyclic amines) is 1. The first-order valence-corrected chi connectivity index (χ1v) is 11.8. The van der Waals surface area contributed by atoms with Gasteiger partial charge in [0.25, 0.3) is 0 Å². The Bertz CT molecular complexity index is 1420. The molecule has 3 heterocycles. The quantitative estimate of drug-likeness (QED) is 0.431. The molecule has 0 aliphatic carbocycles. The van der Waals surface area contributed by atoms with Gasteiger partial charge in [0.05, 0.1) is 36.1 Å². The topological polar surface area (TPSA) is 86.7 Å². The van der Waals surface area contributed by atoms with Crippen molar-refractivity contribution >= 4 is 5.65 Å². The molecule has 0 radical (unpaired) electrons. The molecule has 2 aromatic heterocycles. The van der Waals surface area contributed by atoms with Crippen LogP contribution in [0.5, 0.6) is 6.01 Å². The second-order valence-electron chi connectivity index (χ2n) is 9.09. The average molecular weight is 490 g/mol. The minimum Gasteiger partial charge on any atom is -0.464 e. The van der Waals surface area contributed by atoms with Crippen LogP contribution in [0.1, 0.15) is 24.0 Å². The summed E-state index contributed by atoms with van der Waals surface area (Å²) in [5, 5.41) is 18.6. The van der Waals surface area contributed by atoms with E-state index in [1.165, 1.54) is 12.1 Å². The summed E-state index contributed by atoms with van der Waals surface area (Å²) in [7, 11) is 2.09. The summed E-state index contributed by atoms with van der Waals surface area (Å²) >= 11 is 0. The van der Waals surface area contributed by atoms with E-state index in [1.54, 1.807) is 41.1 Å². The number of aliphatic hydroxyl groups is 1. The van der Waals surface area contributed by atoms with E-state index in [1.807, 2.05) is 0 Å². The molecule has 36 heavy (non-hydrogen) atoms. The van der Waals surface area contributed by atoms with Gasteiger partial charge in [-0.15, -0.1) is 0 Å². The van der Waals surface area contributed by atoms with E-state index in [9.17, 15) is 19.1 Å². The van der Waals surface area contributed by atoms with Gasteiger partial charge in [0.2, 0.25) is 0 Å². The van der Waals surface area contributed by atoms with Crippen molar-refractivity contribution in [2.24, 2.45) is 5.92 Å². The van der Waals surface area contributed by atoms with E-state index >= 15 is 0 Å². The second-order valence-corrected chi connectivity index (χ2v) is 9.09. The first kappa shape index (κ1) is 23.9. The van der Waals surface area contributed by atoms with Crippen LogP contribution < -0.4 is 4.74 Å². The van der Waals surface area contributed by atoms with E-state index < -0.39 is 23.8 Å². The molecular weight excluding hydrogens is 464 g/mol. The number of nitriles is 1. The van der Waals surface area contributed by atoms with Gasteiger partial charge in [-0.3, -0.25) is 4.40 Å². The summed E-state index contributed by atoms with van der Waals surface area (Å²) in [6, 6.07) is 11.5. The van der Waals surface area contributed by atoms with Crippen LogP contribution in [0.25, 0.3) is 28.0 Å². The van der Waals surface area contributed by atoms with E-state index in [2.05, 4.69) is 23.0 Å². The number of nitrogens with zero attached hydrogens (tertiary/aromatic N) is 5. The molecule has 0 amide bonds. The number of ether oxygens (including phenoxy) is 1. The highest BCUT2D eigenvalue weighted by molar-refractivity contribution is 5.90. The van der Waals surface area contributed by atoms with Crippen molar-refractivity contribution in [3.8, 4) is 34.5 Å². The summed E-state index contributed by atoms with van der Waals surface area (Å²) in [6.07, 6.45) is 5.45. The first-order chi connectivity index (χ1) is 17.5. The van der Waals surface area contributed by atoms with Gasteiger partial charge in [-0.1, -0.05) is 12.1 Å². The number of piperidine rings is 1. The Balaban J connectivity index is 1.66. The molecule has 0 bridgehead atoms. The average Bonchev–Trinajstić information content (AvgIpc) is 3.37. The highest BCUT2D eigenvalue weighted by Gasteiger charge is 2.23. The minimum atomic E-state index is -0.857. The van der Waals surface area contributed by atoms with Crippen molar-refractivity contribution in [3.63, 3.8) is 0 Å². The number of hydrogen-bond acceptors (Lipinski definition) is 6. The Morgan fingerprint density at radius 2 is 1.92 bits per heavy atom. The Morgan fingerprint density at radius 1 is 1.17 bits per heavy atom. The molecule has 1 N–H and O–H groups in total. The van der Waals surface area contributed by atoms with E-state index in [-0.39, 0.29) is 5.56 Å². The second kappa shape index (κ2) is 10.0. The molecule has 1 aliphatic rings. The molecule has 184 valence electrons. The SMILES string of the molecule is CN1CCC[C@@H](COc2nc(-c3ccc(C#N)cc3)c(-c3cc(F)c(CO)c(F)c3)c3nccn23)C1. The largest absolute Gasteiger partial charge is 0.464 e. The minimum absolute atomic E-state index is 0.228. The van der Waals surface area contributed by atoms with E-state index in [4.69, 9.17) is 9.72 Å². The number of aliphatic hydroxyl groups excluding tert-OH is 1. The molecule has 9 heteroatoms. The third-order valence-electron chi connectivity index (χ3n) is 6.56. The number of fused-ring (bicyclic) bond motifs is 1. The van der Waals surface area contributed by atoms with Gasteiger partial charge in [-0.25, -0.2) is 13.8 Å². The Kier molecular flexibility index (Phi) is 6.63. The maximum absolute atomic E-state index is 14.7. The van der Waals surface area contributed by atoms with Crippen LogP contribution in [-0.2, 0) is 6.61 Å². The standard InChI is InChI=1S/C27H25F2N5O2/c1-33-9-2-3-18(14-33)16-36-27-32-25(19-6-4-17(13-30)5-7-19)24(26-31-8-10-34(26)27)20-11-22(28)21(15-35)23(29)12-20/h4-8,10-12,18,35H,2-3,9,14-16H2,1H3/t18-/m1/s1.